The zero-order valence-electron chi connectivity index (χ0n) is 20.5. The maximum absolute atomic E-state index is 13.5. The van der Waals surface area contributed by atoms with Gasteiger partial charge in [-0.3, -0.25) is 4.79 Å². The Labute approximate surface area is 201 Å². The summed E-state index contributed by atoms with van der Waals surface area (Å²) < 4.78 is 18.8. The monoisotopic (exact) mass is 469 g/mol. The Morgan fingerprint density at radius 1 is 1.06 bits per heavy atom. The van der Waals surface area contributed by atoms with E-state index in [0.717, 1.165) is 24.9 Å². The number of benzene rings is 2. The summed E-state index contributed by atoms with van der Waals surface area (Å²) in [6.45, 7) is 7.98. The molecule has 34 heavy (non-hydrogen) atoms. The summed E-state index contributed by atoms with van der Waals surface area (Å²) in [5.74, 6) is -0.580. The summed E-state index contributed by atoms with van der Waals surface area (Å²) in [6, 6.07) is 16.1. The second-order valence-electron chi connectivity index (χ2n) is 10.1. The Bertz CT molecular complexity index is 949. The van der Waals surface area contributed by atoms with Crippen molar-refractivity contribution in [2.24, 2.45) is 0 Å². The summed E-state index contributed by atoms with van der Waals surface area (Å²) in [4.78, 5) is 26.1. The molecule has 6 nitrogen and oxygen atoms in total. The van der Waals surface area contributed by atoms with Crippen molar-refractivity contribution in [2.75, 3.05) is 0 Å². The highest BCUT2D eigenvalue weighted by Crippen LogP contribution is 2.31. The molecule has 0 heterocycles. The largest absolute Gasteiger partial charge is 0.444 e. The minimum absolute atomic E-state index is 0.246. The van der Waals surface area contributed by atoms with Crippen molar-refractivity contribution in [1.82, 2.24) is 16.0 Å². The molecule has 2 amide bonds. The number of hydrogen-bond acceptors (Lipinski definition) is 4. The summed E-state index contributed by atoms with van der Waals surface area (Å²) >= 11 is 0. The standard InChI is InChI=1S/C27H36FN3O3/c1-19(21-10-12-22(28)13-11-21)30-24(32)27(31-25(33)34-26(2,3)4)16-14-23(15-17-27)29-18-20-8-6-5-7-9-20/h5-13,19,23,29H,14-18H2,1-4H3,(H,30,32)(H,31,33)/t19-,23-,27-/m1/s1. The molecule has 1 atom stereocenters. The summed E-state index contributed by atoms with van der Waals surface area (Å²) in [5, 5.41) is 9.47. The lowest BCUT2D eigenvalue weighted by molar-refractivity contribution is -0.130. The van der Waals surface area contributed by atoms with Gasteiger partial charge in [0.25, 0.3) is 0 Å². The Morgan fingerprint density at radius 2 is 1.68 bits per heavy atom. The van der Waals surface area contributed by atoms with Crippen LogP contribution in [0.2, 0.25) is 0 Å². The average molecular weight is 470 g/mol. The number of ether oxygens (including phenoxy) is 1. The predicted octanol–water partition coefficient (Wildman–Crippen LogP) is 5.00. The Morgan fingerprint density at radius 3 is 2.26 bits per heavy atom. The van der Waals surface area contributed by atoms with Gasteiger partial charge in [-0.25, -0.2) is 9.18 Å². The molecule has 0 saturated heterocycles. The molecule has 0 unspecified atom stereocenters. The van der Waals surface area contributed by atoms with Crippen LogP contribution in [0.4, 0.5) is 9.18 Å². The van der Waals surface area contributed by atoms with Crippen molar-refractivity contribution < 1.29 is 18.7 Å². The zero-order chi connectivity index (χ0) is 24.8. The molecule has 1 aliphatic rings. The third-order valence-electron chi connectivity index (χ3n) is 6.17. The van der Waals surface area contributed by atoms with E-state index < -0.39 is 17.2 Å². The Hall–Kier alpha value is -2.93. The van der Waals surface area contributed by atoms with E-state index in [0.29, 0.717) is 12.8 Å². The number of amides is 2. The molecule has 0 aromatic heterocycles. The highest BCUT2D eigenvalue weighted by molar-refractivity contribution is 5.90. The summed E-state index contributed by atoms with van der Waals surface area (Å²) in [7, 11) is 0. The van der Waals surface area contributed by atoms with Crippen LogP contribution >= 0.6 is 0 Å². The number of alkyl carbamates (subject to hydrolysis) is 1. The van der Waals surface area contributed by atoms with Crippen LogP contribution in [-0.4, -0.2) is 29.2 Å². The first-order valence-corrected chi connectivity index (χ1v) is 11.9. The molecule has 0 spiro atoms. The molecule has 1 aliphatic carbocycles. The van der Waals surface area contributed by atoms with E-state index in [-0.39, 0.29) is 23.8 Å². The van der Waals surface area contributed by atoms with Crippen LogP contribution in [0, 0.1) is 5.82 Å². The molecule has 2 aromatic rings. The fourth-order valence-electron chi connectivity index (χ4n) is 4.25. The normalized spacial score (nSPS) is 21.4. The van der Waals surface area contributed by atoms with Crippen molar-refractivity contribution in [3.05, 3.63) is 71.5 Å². The van der Waals surface area contributed by atoms with Gasteiger partial charge in [0.2, 0.25) is 5.91 Å². The fraction of sp³-hybridized carbons (Fsp3) is 0.481. The molecular weight excluding hydrogens is 433 g/mol. The van der Waals surface area contributed by atoms with E-state index in [2.05, 4.69) is 28.1 Å². The molecule has 0 aliphatic heterocycles. The predicted molar refractivity (Wildman–Crippen MR) is 131 cm³/mol. The van der Waals surface area contributed by atoms with Crippen LogP contribution in [-0.2, 0) is 16.1 Å². The average Bonchev–Trinajstić information content (AvgIpc) is 2.78. The third-order valence-corrected chi connectivity index (χ3v) is 6.17. The van der Waals surface area contributed by atoms with Crippen LogP contribution in [0.15, 0.2) is 54.6 Å². The minimum atomic E-state index is -1.07. The molecule has 7 heteroatoms. The maximum atomic E-state index is 13.5. The van der Waals surface area contributed by atoms with Crippen molar-refractivity contribution in [3.63, 3.8) is 0 Å². The van der Waals surface area contributed by atoms with E-state index in [9.17, 15) is 14.0 Å². The van der Waals surface area contributed by atoms with E-state index in [4.69, 9.17) is 4.74 Å². The SMILES string of the molecule is C[C@@H](NC(=O)[C@]1(NC(=O)OC(C)(C)C)CC[C@H](NCc2ccccc2)CC1)c1ccc(F)cc1. The molecule has 0 radical (unpaired) electrons. The van der Waals surface area contributed by atoms with Crippen LogP contribution in [0.3, 0.4) is 0 Å². The molecular formula is C27H36FN3O3. The van der Waals surface area contributed by atoms with Gasteiger partial charge in [0, 0.05) is 12.6 Å². The van der Waals surface area contributed by atoms with Crippen LogP contribution in [0.5, 0.6) is 0 Å². The topological polar surface area (TPSA) is 79.5 Å². The molecule has 3 N–H and O–H groups in total. The van der Waals surface area contributed by atoms with E-state index in [1.807, 2.05) is 25.1 Å². The molecule has 2 aromatic carbocycles. The lowest BCUT2D eigenvalue weighted by atomic mass is 9.78. The molecule has 3 rings (SSSR count). The quantitative estimate of drug-likeness (QED) is 0.533. The van der Waals surface area contributed by atoms with Crippen molar-refractivity contribution in [1.29, 1.82) is 0 Å². The first kappa shape index (κ1) is 25.7. The Balaban J connectivity index is 1.68. The second-order valence-corrected chi connectivity index (χ2v) is 10.1. The van der Waals surface area contributed by atoms with Crippen LogP contribution < -0.4 is 16.0 Å². The molecule has 184 valence electrons. The van der Waals surface area contributed by atoms with Gasteiger partial charge in [0.1, 0.15) is 17.0 Å². The minimum Gasteiger partial charge on any atom is -0.444 e. The Kier molecular flexibility index (Phi) is 8.31. The summed E-state index contributed by atoms with van der Waals surface area (Å²) in [5.41, 5.74) is 0.261. The number of nitrogens with one attached hydrogen (secondary N) is 3. The van der Waals surface area contributed by atoms with E-state index >= 15 is 0 Å². The van der Waals surface area contributed by atoms with Gasteiger partial charge >= 0.3 is 6.09 Å². The van der Waals surface area contributed by atoms with Crippen LogP contribution in [0.1, 0.15) is 70.5 Å². The number of carbonyl (C=O) groups excluding carboxylic acids is 2. The molecule has 1 saturated carbocycles. The first-order valence-electron chi connectivity index (χ1n) is 11.9. The van der Waals surface area contributed by atoms with Crippen molar-refractivity contribution >= 4 is 12.0 Å². The van der Waals surface area contributed by atoms with Crippen molar-refractivity contribution in [2.45, 2.75) is 83.1 Å². The summed E-state index contributed by atoms with van der Waals surface area (Å²) in [6.07, 6.45) is 1.84. The number of hydrogen-bond donors (Lipinski definition) is 3. The van der Waals surface area contributed by atoms with Gasteiger partial charge in [-0.2, -0.15) is 0 Å². The third kappa shape index (κ3) is 7.29. The van der Waals surface area contributed by atoms with Crippen LogP contribution in [0.25, 0.3) is 0 Å². The zero-order valence-corrected chi connectivity index (χ0v) is 20.5. The lowest BCUT2D eigenvalue weighted by Crippen LogP contribution is -2.62. The number of rotatable bonds is 7. The van der Waals surface area contributed by atoms with Gasteiger partial charge in [-0.1, -0.05) is 42.5 Å². The highest BCUT2D eigenvalue weighted by Gasteiger charge is 2.44. The fourth-order valence-corrected chi connectivity index (χ4v) is 4.25. The van der Waals surface area contributed by atoms with E-state index in [1.54, 1.807) is 32.9 Å². The first-order chi connectivity index (χ1) is 16.1. The molecule has 0 bridgehead atoms. The second kappa shape index (κ2) is 11.0. The lowest BCUT2D eigenvalue weighted by Gasteiger charge is -2.40. The van der Waals surface area contributed by atoms with Gasteiger partial charge in [-0.15, -0.1) is 0 Å². The van der Waals surface area contributed by atoms with Gasteiger partial charge < -0.3 is 20.7 Å². The van der Waals surface area contributed by atoms with Crippen molar-refractivity contribution in [3.8, 4) is 0 Å². The van der Waals surface area contributed by atoms with Gasteiger partial charge in [0.05, 0.1) is 6.04 Å². The number of carbonyl (C=O) groups is 2. The number of halogens is 1. The van der Waals surface area contributed by atoms with Gasteiger partial charge in [0.15, 0.2) is 0 Å². The maximum Gasteiger partial charge on any atom is 0.408 e. The van der Waals surface area contributed by atoms with Gasteiger partial charge in [-0.05, 0) is 76.6 Å². The smallest absolute Gasteiger partial charge is 0.408 e. The molecule has 1 fully saturated rings. The highest BCUT2D eigenvalue weighted by atomic mass is 19.1. The van der Waals surface area contributed by atoms with E-state index in [1.165, 1.54) is 17.7 Å².